The van der Waals surface area contributed by atoms with Gasteiger partial charge in [0.15, 0.2) is 0 Å². The lowest BCUT2D eigenvalue weighted by Gasteiger charge is -2.07. The van der Waals surface area contributed by atoms with Crippen LogP contribution in [0.3, 0.4) is 0 Å². The van der Waals surface area contributed by atoms with E-state index in [4.69, 9.17) is 20.6 Å². The Kier molecular flexibility index (Phi) is 6.10. The van der Waals surface area contributed by atoms with Gasteiger partial charge in [-0.2, -0.15) is 0 Å². The minimum absolute atomic E-state index is 0.243. The van der Waals surface area contributed by atoms with E-state index in [-0.39, 0.29) is 5.84 Å². The molecule has 0 saturated heterocycles. The Morgan fingerprint density at radius 3 is 2.88 bits per heavy atom. The molecule has 0 aliphatic rings. The summed E-state index contributed by atoms with van der Waals surface area (Å²) in [6.07, 6.45) is 2.45. The van der Waals surface area contributed by atoms with Crippen LogP contribution in [0.4, 0.5) is 0 Å². The first kappa shape index (κ1) is 13.5. The third-order valence-corrected chi connectivity index (χ3v) is 2.32. The van der Waals surface area contributed by atoms with Crippen LogP contribution in [-0.4, -0.2) is 19.6 Å². The maximum Gasteiger partial charge on any atom is 0.119 e. The van der Waals surface area contributed by atoms with Crippen molar-refractivity contribution in [2.45, 2.75) is 25.9 Å². The zero-order valence-corrected chi connectivity index (χ0v) is 10.2. The number of amidine groups is 1. The fourth-order valence-electron chi connectivity index (χ4n) is 1.50. The summed E-state index contributed by atoms with van der Waals surface area (Å²) in [5.41, 5.74) is 6.37. The molecule has 1 aromatic rings. The summed E-state index contributed by atoms with van der Waals surface area (Å²) < 4.78 is 10.7. The monoisotopic (exact) mass is 236 g/mol. The Labute approximate surface area is 102 Å². The summed E-state index contributed by atoms with van der Waals surface area (Å²) in [6.45, 7) is 1.26. The van der Waals surface area contributed by atoms with Crippen molar-refractivity contribution < 1.29 is 9.47 Å². The van der Waals surface area contributed by atoms with Crippen molar-refractivity contribution in [3.8, 4) is 5.75 Å². The van der Waals surface area contributed by atoms with E-state index in [9.17, 15) is 0 Å². The molecular formula is C13H20N2O2. The van der Waals surface area contributed by atoms with Crippen molar-refractivity contribution in [3.05, 3.63) is 29.8 Å². The average Bonchev–Trinajstić information content (AvgIpc) is 2.29. The minimum atomic E-state index is 0.243. The van der Waals surface area contributed by atoms with Crippen LogP contribution >= 0.6 is 0 Å². The molecule has 0 spiro atoms. The summed E-state index contributed by atoms with van der Waals surface area (Å²) in [5, 5.41) is 7.09. The Morgan fingerprint density at radius 2 is 2.18 bits per heavy atom. The maximum absolute atomic E-state index is 7.09. The molecule has 0 heterocycles. The molecule has 0 atom stereocenters. The van der Waals surface area contributed by atoms with Crippen molar-refractivity contribution in [2.24, 2.45) is 5.73 Å². The standard InChI is InChI=1S/C13H20N2O2/c1-16-10-11-5-4-6-12(9-11)17-8-3-2-7-13(14)15/h4-6,9H,2-3,7-8,10H2,1H3,(H3,14,15). The Balaban J connectivity index is 2.26. The van der Waals surface area contributed by atoms with Gasteiger partial charge in [0.25, 0.3) is 0 Å². The van der Waals surface area contributed by atoms with Crippen LogP contribution in [-0.2, 0) is 11.3 Å². The van der Waals surface area contributed by atoms with Crippen LogP contribution in [0.25, 0.3) is 0 Å². The maximum atomic E-state index is 7.09. The molecule has 4 heteroatoms. The molecular weight excluding hydrogens is 216 g/mol. The van der Waals surface area contributed by atoms with E-state index in [1.54, 1.807) is 7.11 Å². The molecule has 0 fully saturated rings. The number of ether oxygens (including phenoxy) is 2. The lowest BCUT2D eigenvalue weighted by atomic mass is 10.2. The zero-order valence-electron chi connectivity index (χ0n) is 10.2. The largest absolute Gasteiger partial charge is 0.494 e. The number of benzene rings is 1. The molecule has 0 saturated carbocycles. The number of methoxy groups -OCH3 is 1. The number of nitrogens with two attached hydrogens (primary N) is 1. The van der Waals surface area contributed by atoms with E-state index < -0.39 is 0 Å². The molecule has 0 unspecified atom stereocenters. The van der Waals surface area contributed by atoms with Crippen molar-refractivity contribution in [1.29, 1.82) is 5.41 Å². The van der Waals surface area contributed by atoms with Gasteiger partial charge in [0.2, 0.25) is 0 Å². The molecule has 1 rings (SSSR count). The highest BCUT2D eigenvalue weighted by Crippen LogP contribution is 2.14. The Morgan fingerprint density at radius 1 is 1.35 bits per heavy atom. The van der Waals surface area contributed by atoms with E-state index in [2.05, 4.69) is 0 Å². The van der Waals surface area contributed by atoms with Crippen LogP contribution in [0, 0.1) is 5.41 Å². The summed E-state index contributed by atoms with van der Waals surface area (Å²) in [5.74, 6) is 1.11. The lowest BCUT2D eigenvalue weighted by Crippen LogP contribution is -2.09. The normalized spacial score (nSPS) is 10.2. The van der Waals surface area contributed by atoms with Gasteiger partial charge in [-0.1, -0.05) is 12.1 Å². The quantitative estimate of drug-likeness (QED) is 0.413. The second-order valence-electron chi connectivity index (χ2n) is 3.91. The topological polar surface area (TPSA) is 68.3 Å². The molecule has 3 N–H and O–H groups in total. The minimum Gasteiger partial charge on any atom is -0.494 e. The van der Waals surface area contributed by atoms with Crippen molar-refractivity contribution in [1.82, 2.24) is 0 Å². The first-order valence-electron chi connectivity index (χ1n) is 5.76. The van der Waals surface area contributed by atoms with Crippen LogP contribution in [0.1, 0.15) is 24.8 Å². The summed E-state index contributed by atoms with van der Waals surface area (Å²) in [6, 6.07) is 7.88. The number of nitrogens with one attached hydrogen (secondary N) is 1. The Bertz CT molecular complexity index is 353. The Hall–Kier alpha value is -1.55. The molecule has 0 amide bonds. The molecule has 0 aliphatic heterocycles. The van der Waals surface area contributed by atoms with Crippen LogP contribution in [0.5, 0.6) is 5.75 Å². The van der Waals surface area contributed by atoms with Gasteiger partial charge in [0.05, 0.1) is 19.0 Å². The van der Waals surface area contributed by atoms with Gasteiger partial charge in [-0.25, -0.2) is 0 Å². The van der Waals surface area contributed by atoms with E-state index in [0.29, 0.717) is 19.6 Å². The van der Waals surface area contributed by atoms with Crippen LogP contribution in [0.15, 0.2) is 24.3 Å². The fourth-order valence-corrected chi connectivity index (χ4v) is 1.50. The lowest BCUT2D eigenvalue weighted by molar-refractivity contribution is 0.184. The van der Waals surface area contributed by atoms with Crippen LogP contribution < -0.4 is 10.5 Å². The fraction of sp³-hybridized carbons (Fsp3) is 0.462. The molecule has 4 nitrogen and oxygen atoms in total. The zero-order chi connectivity index (χ0) is 12.5. The summed E-state index contributed by atoms with van der Waals surface area (Å²) in [7, 11) is 1.68. The SMILES string of the molecule is COCc1cccc(OCCCCC(=N)N)c1. The third kappa shape index (κ3) is 5.92. The molecule has 1 aromatic carbocycles. The molecule has 0 bridgehead atoms. The van der Waals surface area contributed by atoms with Crippen LogP contribution in [0.2, 0.25) is 0 Å². The highest BCUT2D eigenvalue weighted by molar-refractivity contribution is 5.76. The highest BCUT2D eigenvalue weighted by atomic mass is 16.5. The number of unbranched alkanes of at least 4 members (excludes halogenated alkanes) is 1. The number of hydrogen-bond donors (Lipinski definition) is 2. The average molecular weight is 236 g/mol. The van der Waals surface area contributed by atoms with E-state index in [0.717, 1.165) is 24.2 Å². The first-order chi connectivity index (χ1) is 8.22. The van der Waals surface area contributed by atoms with E-state index in [1.807, 2.05) is 24.3 Å². The van der Waals surface area contributed by atoms with Gasteiger partial charge in [0.1, 0.15) is 5.75 Å². The van der Waals surface area contributed by atoms with Crippen molar-refractivity contribution >= 4 is 5.84 Å². The molecule has 17 heavy (non-hydrogen) atoms. The van der Waals surface area contributed by atoms with Gasteiger partial charge in [-0.15, -0.1) is 0 Å². The predicted octanol–water partition coefficient (Wildman–Crippen LogP) is 2.32. The second-order valence-corrected chi connectivity index (χ2v) is 3.91. The first-order valence-corrected chi connectivity index (χ1v) is 5.76. The van der Waals surface area contributed by atoms with Crippen molar-refractivity contribution in [3.63, 3.8) is 0 Å². The van der Waals surface area contributed by atoms with E-state index in [1.165, 1.54) is 0 Å². The summed E-state index contributed by atoms with van der Waals surface area (Å²) >= 11 is 0. The van der Waals surface area contributed by atoms with Gasteiger partial charge in [-0.05, 0) is 30.5 Å². The van der Waals surface area contributed by atoms with Crippen molar-refractivity contribution in [2.75, 3.05) is 13.7 Å². The molecule has 0 radical (unpaired) electrons. The number of hydrogen-bond acceptors (Lipinski definition) is 3. The highest BCUT2D eigenvalue weighted by Gasteiger charge is 1.97. The molecule has 0 aromatic heterocycles. The molecule has 0 aliphatic carbocycles. The second kappa shape index (κ2) is 7.68. The summed E-state index contributed by atoms with van der Waals surface area (Å²) in [4.78, 5) is 0. The van der Waals surface area contributed by atoms with Gasteiger partial charge in [-0.3, -0.25) is 5.41 Å². The van der Waals surface area contributed by atoms with Gasteiger partial charge in [0, 0.05) is 13.5 Å². The van der Waals surface area contributed by atoms with E-state index >= 15 is 0 Å². The van der Waals surface area contributed by atoms with Gasteiger partial charge < -0.3 is 15.2 Å². The molecule has 94 valence electrons. The predicted molar refractivity (Wildman–Crippen MR) is 68.4 cm³/mol. The smallest absolute Gasteiger partial charge is 0.119 e. The van der Waals surface area contributed by atoms with Gasteiger partial charge >= 0.3 is 0 Å². The third-order valence-electron chi connectivity index (χ3n) is 2.32. The number of rotatable bonds is 8.